The molecule has 1 unspecified atom stereocenters. The smallest absolute Gasteiger partial charge is 0.326 e. The lowest BCUT2D eigenvalue weighted by Gasteiger charge is -2.16. The van der Waals surface area contributed by atoms with Crippen molar-refractivity contribution in [1.29, 1.82) is 0 Å². The Balaban J connectivity index is 2.21. The number of hydrogen-bond acceptors (Lipinski definition) is 3. The molecular weight excluding hydrogens is 308 g/mol. The van der Waals surface area contributed by atoms with E-state index in [1.165, 1.54) is 6.07 Å². The maximum Gasteiger partial charge on any atom is 0.326 e. The molecule has 1 atom stereocenters. The van der Waals surface area contributed by atoms with E-state index in [1.54, 1.807) is 6.07 Å². The molecule has 0 radical (unpaired) electrons. The summed E-state index contributed by atoms with van der Waals surface area (Å²) in [6, 6.07) is 11.3. The minimum absolute atomic E-state index is 0.102. The van der Waals surface area contributed by atoms with Gasteiger partial charge in [0.15, 0.2) is 0 Å². The first-order valence-electron chi connectivity index (χ1n) is 7.71. The molecular formula is C18H20N2O4. The van der Waals surface area contributed by atoms with Gasteiger partial charge >= 0.3 is 5.97 Å². The van der Waals surface area contributed by atoms with E-state index in [2.05, 4.69) is 10.3 Å². The maximum atomic E-state index is 12.2. The summed E-state index contributed by atoms with van der Waals surface area (Å²) in [5.74, 6) is -1.71. The fourth-order valence-electron chi connectivity index (χ4n) is 2.37. The first-order chi connectivity index (χ1) is 11.4. The number of rotatable bonds is 6. The highest BCUT2D eigenvalue weighted by atomic mass is 16.4. The number of carboxylic acid groups (broad SMARTS) is 1. The van der Waals surface area contributed by atoms with E-state index in [4.69, 9.17) is 0 Å². The van der Waals surface area contributed by atoms with Crippen LogP contribution in [-0.2, 0) is 4.79 Å². The summed E-state index contributed by atoms with van der Waals surface area (Å²) in [6.07, 6.45) is 0.293. The maximum absolute atomic E-state index is 12.2. The molecule has 3 N–H and O–H groups in total. The van der Waals surface area contributed by atoms with E-state index in [0.29, 0.717) is 12.1 Å². The second kappa shape index (κ2) is 7.59. The van der Waals surface area contributed by atoms with Gasteiger partial charge in [-0.15, -0.1) is 0 Å². The van der Waals surface area contributed by atoms with Crippen LogP contribution in [0.3, 0.4) is 0 Å². The highest BCUT2D eigenvalue weighted by molar-refractivity contribution is 5.96. The standard InChI is InChI=1S/C18H20N2O4/c1-11(2)10-15(18(23)24)20-17(22)13-8-9-14(19-16(13)21)12-6-4-3-5-7-12/h3-9,11,15H,10H2,1-2H3,(H,19,21)(H,20,22)(H,23,24). The number of benzene rings is 1. The topological polar surface area (TPSA) is 99.3 Å². The van der Waals surface area contributed by atoms with E-state index in [9.17, 15) is 19.5 Å². The van der Waals surface area contributed by atoms with Crippen LogP contribution in [-0.4, -0.2) is 28.0 Å². The van der Waals surface area contributed by atoms with Crippen LogP contribution in [0.25, 0.3) is 11.3 Å². The molecule has 0 aliphatic heterocycles. The van der Waals surface area contributed by atoms with Crippen molar-refractivity contribution < 1.29 is 14.7 Å². The number of aromatic nitrogens is 1. The third kappa shape index (κ3) is 4.32. The van der Waals surface area contributed by atoms with Gasteiger partial charge in [-0.25, -0.2) is 4.79 Å². The lowest BCUT2D eigenvalue weighted by atomic mass is 10.0. The zero-order chi connectivity index (χ0) is 17.7. The number of carbonyl (C=O) groups is 2. The zero-order valence-corrected chi connectivity index (χ0v) is 13.6. The van der Waals surface area contributed by atoms with Gasteiger partial charge in [0.25, 0.3) is 11.5 Å². The number of amides is 1. The Morgan fingerprint density at radius 2 is 1.79 bits per heavy atom. The van der Waals surface area contributed by atoms with Crippen molar-refractivity contribution in [3.8, 4) is 11.3 Å². The Labute approximate surface area is 139 Å². The number of nitrogens with one attached hydrogen (secondary N) is 2. The minimum Gasteiger partial charge on any atom is -0.480 e. The van der Waals surface area contributed by atoms with Crippen LogP contribution in [0.5, 0.6) is 0 Å². The van der Waals surface area contributed by atoms with Crippen LogP contribution in [0.2, 0.25) is 0 Å². The van der Waals surface area contributed by atoms with Crippen LogP contribution in [0.1, 0.15) is 30.6 Å². The summed E-state index contributed by atoms with van der Waals surface area (Å²) >= 11 is 0. The van der Waals surface area contributed by atoms with E-state index < -0.39 is 23.5 Å². The number of carbonyl (C=O) groups excluding carboxylic acids is 1. The quantitative estimate of drug-likeness (QED) is 0.757. The SMILES string of the molecule is CC(C)CC(NC(=O)c1ccc(-c2ccccc2)[nH]c1=O)C(=O)O. The van der Waals surface area contributed by atoms with Gasteiger partial charge in [0.2, 0.25) is 0 Å². The van der Waals surface area contributed by atoms with Crippen molar-refractivity contribution in [1.82, 2.24) is 10.3 Å². The number of hydrogen-bond donors (Lipinski definition) is 3. The van der Waals surface area contributed by atoms with Crippen molar-refractivity contribution >= 4 is 11.9 Å². The molecule has 0 aliphatic rings. The summed E-state index contributed by atoms with van der Waals surface area (Å²) < 4.78 is 0. The van der Waals surface area contributed by atoms with Crippen LogP contribution in [0, 0.1) is 5.92 Å². The average molecular weight is 328 g/mol. The number of carboxylic acids is 1. The molecule has 2 rings (SSSR count). The summed E-state index contributed by atoms with van der Waals surface area (Å²) in [4.78, 5) is 38.3. The monoisotopic (exact) mass is 328 g/mol. The molecule has 0 fully saturated rings. The third-order valence-electron chi connectivity index (χ3n) is 3.55. The average Bonchev–Trinajstić information content (AvgIpc) is 2.54. The summed E-state index contributed by atoms with van der Waals surface area (Å²) in [5, 5.41) is 11.6. The lowest BCUT2D eigenvalue weighted by Crippen LogP contribution is -2.43. The van der Waals surface area contributed by atoms with Gasteiger partial charge in [-0.05, 0) is 30.0 Å². The van der Waals surface area contributed by atoms with Crippen LogP contribution < -0.4 is 10.9 Å². The van der Waals surface area contributed by atoms with Gasteiger partial charge < -0.3 is 15.4 Å². The largest absolute Gasteiger partial charge is 0.480 e. The number of pyridine rings is 1. The summed E-state index contributed by atoms with van der Waals surface area (Å²) in [7, 11) is 0. The van der Waals surface area contributed by atoms with Gasteiger partial charge in [-0.3, -0.25) is 9.59 Å². The van der Waals surface area contributed by atoms with Gasteiger partial charge in [0.1, 0.15) is 11.6 Å². The Hall–Kier alpha value is -2.89. The first-order valence-corrected chi connectivity index (χ1v) is 7.71. The predicted molar refractivity (Wildman–Crippen MR) is 90.8 cm³/mol. The number of aliphatic carboxylic acids is 1. The van der Waals surface area contributed by atoms with Gasteiger partial charge in [0, 0.05) is 5.69 Å². The molecule has 24 heavy (non-hydrogen) atoms. The molecule has 1 aromatic heterocycles. The summed E-state index contributed by atoms with van der Waals surface area (Å²) in [6.45, 7) is 3.73. The van der Waals surface area contributed by atoms with Crippen LogP contribution >= 0.6 is 0 Å². The van der Waals surface area contributed by atoms with E-state index in [-0.39, 0.29) is 11.5 Å². The highest BCUT2D eigenvalue weighted by Crippen LogP contribution is 2.14. The predicted octanol–water partition coefficient (Wildman–Crippen LogP) is 2.27. The van der Waals surface area contributed by atoms with E-state index in [0.717, 1.165) is 5.56 Å². The Kier molecular flexibility index (Phi) is 5.52. The minimum atomic E-state index is -1.12. The zero-order valence-electron chi connectivity index (χ0n) is 13.6. The van der Waals surface area contributed by atoms with Gasteiger partial charge in [0.05, 0.1) is 0 Å². The molecule has 126 valence electrons. The van der Waals surface area contributed by atoms with Crippen molar-refractivity contribution in [2.75, 3.05) is 0 Å². The fourth-order valence-corrected chi connectivity index (χ4v) is 2.37. The van der Waals surface area contributed by atoms with Crippen molar-refractivity contribution in [2.24, 2.45) is 5.92 Å². The molecule has 2 aromatic rings. The second-order valence-corrected chi connectivity index (χ2v) is 5.97. The molecule has 0 aliphatic carbocycles. The van der Waals surface area contributed by atoms with Crippen molar-refractivity contribution in [2.45, 2.75) is 26.3 Å². The highest BCUT2D eigenvalue weighted by Gasteiger charge is 2.23. The van der Waals surface area contributed by atoms with Crippen LogP contribution in [0.15, 0.2) is 47.3 Å². The lowest BCUT2D eigenvalue weighted by molar-refractivity contribution is -0.139. The van der Waals surface area contributed by atoms with E-state index in [1.807, 2.05) is 44.2 Å². The molecule has 0 saturated carbocycles. The molecule has 1 amide bonds. The van der Waals surface area contributed by atoms with Crippen molar-refractivity contribution in [3.05, 3.63) is 58.4 Å². The Bertz CT molecular complexity index is 781. The van der Waals surface area contributed by atoms with Crippen molar-refractivity contribution in [3.63, 3.8) is 0 Å². The Morgan fingerprint density at radius 1 is 1.12 bits per heavy atom. The molecule has 0 spiro atoms. The normalized spacial score (nSPS) is 12.0. The van der Waals surface area contributed by atoms with E-state index >= 15 is 0 Å². The van der Waals surface area contributed by atoms with Crippen LogP contribution in [0.4, 0.5) is 0 Å². The molecule has 0 bridgehead atoms. The Morgan fingerprint density at radius 3 is 2.33 bits per heavy atom. The molecule has 1 heterocycles. The molecule has 1 aromatic carbocycles. The fraction of sp³-hybridized carbons (Fsp3) is 0.278. The van der Waals surface area contributed by atoms with Gasteiger partial charge in [-0.2, -0.15) is 0 Å². The second-order valence-electron chi connectivity index (χ2n) is 5.97. The molecule has 6 nitrogen and oxygen atoms in total. The number of aromatic amines is 1. The van der Waals surface area contributed by atoms with Gasteiger partial charge in [-0.1, -0.05) is 44.2 Å². The molecule has 0 saturated heterocycles. The molecule has 6 heteroatoms. The third-order valence-corrected chi connectivity index (χ3v) is 3.55. The first kappa shape index (κ1) is 17.5. The number of H-pyrrole nitrogens is 1. The summed E-state index contributed by atoms with van der Waals surface area (Å²) in [5.41, 5.74) is 0.756.